The summed E-state index contributed by atoms with van der Waals surface area (Å²) in [6, 6.07) is 0. The van der Waals surface area contributed by atoms with Gasteiger partial charge in [0.05, 0.1) is 0 Å². The maximum absolute atomic E-state index is 7.57. The molecule has 0 saturated carbocycles. The predicted molar refractivity (Wildman–Crippen MR) is 60.4 cm³/mol. The Morgan fingerprint density at radius 2 is 1.00 bits per heavy atom. The summed E-state index contributed by atoms with van der Waals surface area (Å²) in [5.74, 6) is 0. The SMILES string of the molecule is CCCCCCC.CCO.CO.N. The molecule has 0 spiro atoms. The first-order valence-electron chi connectivity index (χ1n) is 4.88. The van der Waals surface area contributed by atoms with Gasteiger partial charge in [0.2, 0.25) is 0 Å². The summed E-state index contributed by atoms with van der Waals surface area (Å²) < 4.78 is 0. The Hall–Kier alpha value is -0.120. The second-order valence-electron chi connectivity index (χ2n) is 2.38. The molecule has 86 valence electrons. The summed E-state index contributed by atoms with van der Waals surface area (Å²) in [5.41, 5.74) is 0. The summed E-state index contributed by atoms with van der Waals surface area (Å²) in [6.07, 6.45) is 7.01. The van der Waals surface area contributed by atoms with Gasteiger partial charge in [-0.15, -0.1) is 0 Å². The van der Waals surface area contributed by atoms with Crippen LogP contribution in [-0.2, 0) is 0 Å². The van der Waals surface area contributed by atoms with Crippen molar-refractivity contribution in [3.05, 3.63) is 0 Å². The molecule has 0 amide bonds. The molecule has 0 atom stereocenters. The van der Waals surface area contributed by atoms with Gasteiger partial charge in [0.15, 0.2) is 0 Å². The number of hydrogen-bond donors (Lipinski definition) is 3. The van der Waals surface area contributed by atoms with Gasteiger partial charge in [-0.05, 0) is 6.92 Å². The van der Waals surface area contributed by atoms with Crippen LogP contribution in [0.4, 0.5) is 0 Å². The van der Waals surface area contributed by atoms with Crippen molar-refractivity contribution >= 4 is 0 Å². The molecule has 3 heteroatoms. The van der Waals surface area contributed by atoms with Crippen LogP contribution in [0.2, 0.25) is 0 Å². The van der Waals surface area contributed by atoms with E-state index in [9.17, 15) is 0 Å². The van der Waals surface area contributed by atoms with Gasteiger partial charge in [0, 0.05) is 13.7 Å². The minimum atomic E-state index is 0. The van der Waals surface area contributed by atoms with Gasteiger partial charge in [-0.3, -0.25) is 0 Å². The van der Waals surface area contributed by atoms with E-state index in [-0.39, 0.29) is 12.8 Å². The number of hydrogen-bond acceptors (Lipinski definition) is 3. The topological polar surface area (TPSA) is 75.5 Å². The Balaban J connectivity index is -0.0000000581. The first-order valence-corrected chi connectivity index (χ1v) is 4.88. The van der Waals surface area contributed by atoms with Crippen molar-refractivity contribution in [2.24, 2.45) is 0 Å². The first kappa shape index (κ1) is 23.1. The maximum atomic E-state index is 7.57. The molecule has 0 aromatic rings. The minimum Gasteiger partial charge on any atom is -0.400 e. The molecule has 0 rings (SSSR count). The Bertz CT molecular complexity index is 39.9. The molecule has 0 saturated heterocycles. The van der Waals surface area contributed by atoms with Crippen molar-refractivity contribution in [2.75, 3.05) is 13.7 Å². The van der Waals surface area contributed by atoms with Crippen LogP contribution < -0.4 is 6.15 Å². The lowest BCUT2D eigenvalue weighted by Gasteiger charge is -1.90. The van der Waals surface area contributed by atoms with Crippen LogP contribution in [0.3, 0.4) is 0 Å². The van der Waals surface area contributed by atoms with E-state index in [1.807, 2.05) is 0 Å². The van der Waals surface area contributed by atoms with Gasteiger partial charge < -0.3 is 16.4 Å². The highest BCUT2D eigenvalue weighted by Crippen LogP contribution is 2.00. The lowest BCUT2D eigenvalue weighted by atomic mass is 10.2. The second-order valence-corrected chi connectivity index (χ2v) is 2.38. The summed E-state index contributed by atoms with van der Waals surface area (Å²) >= 11 is 0. The highest BCUT2D eigenvalue weighted by atomic mass is 16.2. The summed E-state index contributed by atoms with van der Waals surface area (Å²) in [4.78, 5) is 0. The van der Waals surface area contributed by atoms with E-state index < -0.39 is 0 Å². The largest absolute Gasteiger partial charge is 0.400 e. The molecule has 0 fully saturated rings. The maximum Gasteiger partial charge on any atom is 0.0402 e. The minimum absolute atomic E-state index is 0. The highest BCUT2D eigenvalue weighted by molar-refractivity contribution is 4.35. The second kappa shape index (κ2) is 40.7. The standard InChI is InChI=1S/C7H16.C2H6O.CH4O.H3N/c1-3-5-7-6-4-2;1-2-3;1-2;/h3-7H2,1-2H3;3H,2H2,1H3;2H,1H3;1H3. The Kier molecular flexibility index (Phi) is 72.1. The van der Waals surface area contributed by atoms with Gasteiger partial charge in [0.1, 0.15) is 0 Å². The van der Waals surface area contributed by atoms with E-state index in [1.54, 1.807) is 6.92 Å². The summed E-state index contributed by atoms with van der Waals surface area (Å²) in [7, 11) is 1.00. The zero-order valence-corrected chi connectivity index (χ0v) is 9.84. The zero-order chi connectivity index (χ0) is 10.2. The van der Waals surface area contributed by atoms with Crippen molar-refractivity contribution in [3.63, 3.8) is 0 Å². The fraction of sp³-hybridized carbons (Fsp3) is 1.00. The number of aliphatic hydroxyl groups is 2. The van der Waals surface area contributed by atoms with Crippen molar-refractivity contribution in [3.8, 4) is 0 Å². The van der Waals surface area contributed by atoms with E-state index in [1.165, 1.54) is 32.1 Å². The Labute approximate surface area is 83.8 Å². The molecule has 0 aliphatic rings. The predicted octanol–water partition coefficient (Wildman–Crippen LogP) is 2.75. The van der Waals surface area contributed by atoms with Gasteiger partial charge in [0.25, 0.3) is 0 Å². The molecule has 3 nitrogen and oxygen atoms in total. The van der Waals surface area contributed by atoms with Crippen LogP contribution in [-0.4, -0.2) is 23.9 Å². The fourth-order valence-corrected chi connectivity index (χ4v) is 0.677. The van der Waals surface area contributed by atoms with Gasteiger partial charge in [-0.2, -0.15) is 0 Å². The van der Waals surface area contributed by atoms with Crippen LogP contribution >= 0.6 is 0 Å². The highest BCUT2D eigenvalue weighted by Gasteiger charge is 1.80. The first-order chi connectivity index (χ1) is 5.83. The summed E-state index contributed by atoms with van der Waals surface area (Å²) in [6.45, 7) is 6.42. The van der Waals surface area contributed by atoms with Crippen molar-refractivity contribution in [2.45, 2.75) is 52.9 Å². The quantitative estimate of drug-likeness (QED) is 0.604. The lowest BCUT2D eigenvalue weighted by Crippen LogP contribution is -1.70. The molecule has 13 heavy (non-hydrogen) atoms. The molecule has 0 bridgehead atoms. The van der Waals surface area contributed by atoms with Gasteiger partial charge in [-0.25, -0.2) is 0 Å². The van der Waals surface area contributed by atoms with E-state index in [0.717, 1.165) is 7.11 Å². The van der Waals surface area contributed by atoms with Crippen LogP contribution in [0.5, 0.6) is 0 Å². The van der Waals surface area contributed by atoms with Crippen LogP contribution in [0.25, 0.3) is 0 Å². The lowest BCUT2D eigenvalue weighted by molar-refractivity contribution is 0.318. The number of unbranched alkanes of at least 4 members (excludes halogenated alkanes) is 4. The number of aliphatic hydroxyl groups excluding tert-OH is 2. The molecule has 0 heterocycles. The van der Waals surface area contributed by atoms with Crippen LogP contribution in [0.1, 0.15) is 52.9 Å². The molecular weight excluding hydrogens is 166 g/mol. The average Bonchev–Trinajstić information content (AvgIpc) is 2.11. The third-order valence-electron chi connectivity index (χ3n) is 1.21. The van der Waals surface area contributed by atoms with Crippen molar-refractivity contribution in [1.82, 2.24) is 6.15 Å². The molecule has 0 aliphatic carbocycles. The summed E-state index contributed by atoms with van der Waals surface area (Å²) in [5, 5.41) is 14.6. The molecular formula is C10H29NO2. The van der Waals surface area contributed by atoms with Crippen molar-refractivity contribution < 1.29 is 10.2 Å². The smallest absolute Gasteiger partial charge is 0.0402 e. The van der Waals surface area contributed by atoms with E-state index in [4.69, 9.17) is 10.2 Å². The van der Waals surface area contributed by atoms with Gasteiger partial charge >= 0.3 is 0 Å². The van der Waals surface area contributed by atoms with Gasteiger partial charge in [-0.1, -0.05) is 46.0 Å². The van der Waals surface area contributed by atoms with Crippen LogP contribution in [0.15, 0.2) is 0 Å². The fourth-order valence-electron chi connectivity index (χ4n) is 0.677. The molecule has 0 unspecified atom stereocenters. The molecule has 0 aliphatic heterocycles. The Morgan fingerprint density at radius 3 is 1.15 bits per heavy atom. The molecule has 0 aromatic carbocycles. The molecule has 0 radical (unpaired) electrons. The average molecular weight is 195 g/mol. The zero-order valence-electron chi connectivity index (χ0n) is 9.84. The molecule has 5 N–H and O–H groups in total. The normalized spacial score (nSPS) is 6.92. The third kappa shape index (κ3) is 77.0. The molecule has 0 aromatic heterocycles. The Morgan fingerprint density at radius 1 is 0.769 bits per heavy atom. The van der Waals surface area contributed by atoms with E-state index in [0.29, 0.717) is 0 Å². The van der Waals surface area contributed by atoms with Crippen molar-refractivity contribution in [1.29, 1.82) is 0 Å². The number of rotatable bonds is 4. The monoisotopic (exact) mass is 195 g/mol. The van der Waals surface area contributed by atoms with E-state index in [2.05, 4.69) is 13.8 Å². The van der Waals surface area contributed by atoms with Crippen LogP contribution in [0, 0.1) is 0 Å². The third-order valence-corrected chi connectivity index (χ3v) is 1.21. The van der Waals surface area contributed by atoms with E-state index >= 15 is 0 Å².